The first-order valence-corrected chi connectivity index (χ1v) is 20.1. The second kappa shape index (κ2) is 25.5. The molecule has 0 aliphatic heterocycles. The molecule has 0 spiro atoms. The van der Waals surface area contributed by atoms with Gasteiger partial charge in [0.15, 0.2) is 0 Å². The molecule has 0 unspecified atom stereocenters. The summed E-state index contributed by atoms with van der Waals surface area (Å²) in [6.07, 6.45) is -11.2. The van der Waals surface area contributed by atoms with Crippen LogP contribution >= 0.6 is 0 Å². The van der Waals surface area contributed by atoms with Crippen LogP contribution in [-0.4, -0.2) is 134 Å². The van der Waals surface area contributed by atoms with Gasteiger partial charge < -0.3 is 61.9 Å². The average molecular weight is 904 g/mol. The Hall–Kier alpha value is -6.36. The maximum absolute atomic E-state index is 14.3. The number of hydrogen-bond acceptors (Lipinski definition) is 12. The van der Waals surface area contributed by atoms with Gasteiger partial charge in [-0.1, -0.05) is 0 Å². The summed E-state index contributed by atoms with van der Waals surface area (Å²) in [6.45, 7) is 0. The Bertz CT molecular complexity index is 1390. The van der Waals surface area contributed by atoms with Crippen molar-refractivity contribution >= 4 is 71.4 Å². The van der Waals surface area contributed by atoms with Gasteiger partial charge in [0.25, 0.3) is 0 Å². The quantitative estimate of drug-likeness (QED) is 0.0442. The average Bonchev–Trinajstić information content (AvgIpc) is 3.18. The highest BCUT2D eigenvalue weighted by atomic mass is 16.4. The van der Waals surface area contributed by atoms with Gasteiger partial charge in [0.2, 0.25) is 17.7 Å². The minimum absolute atomic E-state index is 0.427. The van der Waals surface area contributed by atoms with Gasteiger partial charge in [-0.25, -0.2) is 0 Å². The molecule has 3 amide bonds. The third kappa shape index (κ3) is 21.3. The van der Waals surface area contributed by atoms with Crippen molar-refractivity contribution < 1.29 is 103 Å². The van der Waals surface area contributed by atoms with Crippen molar-refractivity contribution in [3.05, 3.63) is 0 Å². The highest BCUT2D eigenvalue weighted by Crippen LogP contribution is 2.38. The minimum Gasteiger partial charge on any atom is -0.481 e. The molecule has 354 valence electrons. The lowest BCUT2D eigenvalue weighted by Crippen LogP contribution is -2.56. The van der Waals surface area contributed by atoms with E-state index in [-0.39, 0.29) is 0 Å². The summed E-state index contributed by atoms with van der Waals surface area (Å²) in [4.78, 5) is 148. The van der Waals surface area contributed by atoms with Gasteiger partial charge in [0.1, 0.15) is 0 Å². The van der Waals surface area contributed by atoms with Crippen LogP contribution in [0.1, 0.15) is 135 Å². The predicted octanol–water partition coefficient (Wildman–Crippen LogP) is 1.37. The topological polar surface area (TPSA) is 423 Å². The van der Waals surface area contributed by atoms with Crippen molar-refractivity contribution in [2.45, 2.75) is 151 Å². The summed E-state index contributed by atoms with van der Waals surface area (Å²) in [5.41, 5.74) is -5.30. The number of rotatable bonds is 33. The summed E-state index contributed by atoms with van der Waals surface area (Å²) >= 11 is 0. The summed E-state index contributed by atoms with van der Waals surface area (Å²) in [5.74, 6) is -19.5. The fourth-order valence-electron chi connectivity index (χ4n) is 7.85. The van der Waals surface area contributed by atoms with E-state index >= 15 is 0 Å². The van der Waals surface area contributed by atoms with E-state index in [4.69, 9.17) is 0 Å². The monoisotopic (exact) mass is 903 g/mol. The summed E-state index contributed by atoms with van der Waals surface area (Å²) in [6, 6.07) is 0. The van der Waals surface area contributed by atoms with E-state index in [0.717, 1.165) is 0 Å². The van der Waals surface area contributed by atoms with E-state index in [9.17, 15) is 103 Å². The molecule has 0 bridgehead atoms. The molecule has 1 fully saturated rings. The third-order valence-corrected chi connectivity index (χ3v) is 11.3. The smallest absolute Gasteiger partial charge is 0.303 e. The maximum Gasteiger partial charge on any atom is 0.303 e. The minimum atomic E-state index is -1.77. The van der Waals surface area contributed by atoms with Gasteiger partial charge >= 0.3 is 53.7 Å². The zero-order chi connectivity index (χ0) is 48.1. The van der Waals surface area contributed by atoms with Gasteiger partial charge in [0.05, 0.1) is 0 Å². The Labute approximate surface area is 359 Å². The van der Waals surface area contributed by atoms with Crippen LogP contribution < -0.4 is 16.0 Å². The molecule has 0 atom stereocenters. The van der Waals surface area contributed by atoms with Crippen LogP contribution in [0.25, 0.3) is 0 Å². The van der Waals surface area contributed by atoms with E-state index in [1.54, 1.807) is 0 Å². The molecule has 0 aromatic rings. The molecule has 1 aliphatic carbocycles. The van der Waals surface area contributed by atoms with Gasteiger partial charge in [0, 0.05) is 92.2 Å². The summed E-state index contributed by atoms with van der Waals surface area (Å²) < 4.78 is 0. The number of carboxylic acid groups (broad SMARTS) is 9. The normalized spacial score (nSPS) is 16.5. The molecular weight excluding hydrogens is 846 g/mol. The Morgan fingerprint density at radius 2 is 0.413 bits per heavy atom. The van der Waals surface area contributed by atoms with E-state index in [1.807, 2.05) is 0 Å². The largest absolute Gasteiger partial charge is 0.481 e. The number of hydrogen-bond donors (Lipinski definition) is 12. The lowest BCUT2D eigenvalue weighted by Gasteiger charge is -2.41. The highest BCUT2D eigenvalue weighted by molar-refractivity contribution is 5.87. The summed E-state index contributed by atoms with van der Waals surface area (Å²) in [5, 5.41) is 93.0. The van der Waals surface area contributed by atoms with Crippen molar-refractivity contribution in [3.63, 3.8) is 0 Å². The molecule has 0 aromatic carbocycles. The van der Waals surface area contributed by atoms with Crippen LogP contribution in [0.4, 0.5) is 0 Å². The van der Waals surface area contributed by atoms with Crippen LogP contribution in [0.3, 0.4) is 0 Å². The van der Waals surface area contributed by atoms with Crippen LogP contribution in [0.15, 0.2) is 0 Å². The van der Waals surface area contributed by atoms with Gasteiger partial charge in [-0.3, -0.25) is 57.5 Å². The molecule has 0 aromatic heterocycles. The lowest BCUT2D eigenvalue weighted by molar-refractivity contribution is -0.143. The van der Waals surface area contributed by atoms with Crippen molar-refractivity contribution in [3.8, 4) is 0 Å². The van der Waals surface area contributed by atoms with Crippen molar-refractivity contribution in [1.82, 2.24) is 16.0 Å². The fraction of sp³-hybridized carbons (Fsp3) is 0.692. The molecule has 1 aliphatic rings. The molecule has 24 nitrogen and oxygen atoms in total. The first kappa shape index (κ1) is 54.7. The molecule has 1 rings (SSSR count). The molecule has 0 saturated heterocycles. The van der Waals surface area contributed by atoms with Crippen LogP contribution in [-0.2, 0) is 57.5 Å². The van der Waals surface area contributed by atoms with Crippen LogP contribution in [0.5, 0.6) is 0 Å². The molecule has 1 saturated carbocycles. The third-order valence-electron chi connectivity index (χ3n) is 11.3. The number of carboxylic acids is 9. The Balaban J connectivity index is 3.95. The molecule has 0 heterocycles. The van der Waals surface area contributed by atoms with Crippen molar-refractivity contribution in [2.24, 2.45) is 17.8 Å². The first-order chi connectivity index (χ1) is 29.2. The first-order valence-electron chi connectivity index (χ1n) is 20.1. The Morgan fingerprint density at radius 3 is 0.524 bits per heavy atom. The fourth-order valence-corrected chi connectivity index (χ4v) is 7.85. The van der Waals surface area contributed by atoms with Gasteiger partial charge in [-0.2, -0.15) is 0 Å². The second-order valence-corrected chi connectivity index (χ2v) is 16.2. The van der Waals surface area contributed by atoms with Crippen LogP contribution in [0, 0.1) is 17.8 Å². The zero-order valence-corrected chi connectivity index (χ0v) is 34.5. The second-order valence-electron chi connectivity index (χ2n) is 16.2. The molecular formula is C39H57N3O21. The summed E-state index contributed by atoms with van der Waals surface area (Å²) in [7, 11) is 0. The number of carbonyl (C=O) groups excluding carboxylic acids is 3. The zero-order valence-electron chi connectivity index (χ0n) is 34.5. The van der Waals surface area contributed by atoms with Gasteiger partial charge in [-0.05, 0) is 77.0 Å². The number of aliphatic carboxylic acids is 9. The Kier molecular flexibility index (Phi) is 22.2. The molecule has 24 heteroatoms. The Morgan fingerprint density at radius 1 is 0.286 bits per heavy atom. The molecule has 12 N–H and O–H groups in total. The number of amides is 3. The molecule has 63 heavy (non-hydrogen) atoms. The van der Waals surface area contributed by atoms with Crippen molar-refractivity contribution in [1.29, 1.82) is 0 Å². The maximum atomic E-state index is 14.3. The highest BCUT2D eigenvalue weighted by Gasteiger charge is 2.45. The standard InChI is InChI=1S/C39H57N3O21/c43-25(44)1-10-37(11-2-26(45)46,12-3-27(47)48)40-34(61)22-19-23(35(62)41-38(13-4-28(49)50,14-5-29(51)52)15-6-30(53)54)21-24(20-22)36(63)42-39(16-7-31(55)56,17-8-32(57)58)18-9-33(59)60/h22-24H,1-21H2,(H,40,61)(H,41,62)(H,42,63)(H,43,44)(H,45,46)(H,47,48)(H,49,50)(H,51,52)(H,53,54)(H,55,56)(H,57,58)(H,59,60). The number of nitrogens with one attached hydrogen (secondary N) is 3. The van der Waals surface area contributed by atoms with Crippen molar-refractivity contribution in [2.75, 3.05) is 0 Å². The van der Waals surface area contributed by atoms with E-state index in [1.165, 1.54) is 0 Å². The lowest BCUT2D eigenvalue weighted by atomic mass is 9.72. The van der Waals surface area contributed by atoms with E-state index in [0.29, 0.717) is 0 Å². The van der Waals surface area contributed by atoms with Gasteiger partial charge in [-0.15, -0.1) is 0 Å². The van der Waals surface area contributed by atoms with Crippen LogP contribution in [0.2, 0.25) is 0 Å². The predicted molar refractivity (Wildman–Crippen MR) is 209 cm³/mol. The molecule has 0 radical (unpaired) electrons. The SMILES string of the molecule is O=C(O)CCC(CCC(=O)O)(CCC(=O)O)NC(=O)C1CC(C(=O)NC(CCC(=O)O)(CCC(=O)O)CCC(=O)O)CC(C(=O)NC(CCC(=O)O)(CCC(=O)O)CCC(=O)O)C1. The van der Waals surface area contributed by atoms with E-state index in [2.05, 4.69) is 16.0 Å². The number of carbonyl (C=O) groups is 12. The van der Waals surface area contributed by atoms with E-state index < -0.39 is 241 Å².